The predicted molar refractivity (Wildman–Crippen MR) is 72.2 cm³/mol. The molecule has 1 aromatic heterocycles. The highest BCUT2D eigenvalue weighted by Crippen LogP contribution is 2.03. The van der Waals surface area contributed by atoms with Gasteiger partial charge in [0.2, 0.25) is 11.9 Å². The lowest BCUT2D eigenvalue weighted by Gasteiger charge is -2.21. The summed E-state index contributed by atoms with van der Waals surface area (Å²) < 4.78 is 1.41. The van der Waals surface area contributed by atoms with E-state index in [9.17, 15) is 4.79 Å². The van der Waals surface area contributed by atoms with Crippen LogP contribution in [0, 0.1) is 0 Å². The van der Waals surface area contributed by atoms with Gasteiger partial charge in [-0.05, 0) is 6.42 Å². The van der Waals surface area contributed by atoms with Crippen LogP contribution in [0.15, 0.2) is 6.33 Å². The second-order valence-electron chi connectivity index (χ2n) is 4.47. The molecule has 108 valence electrons. The quantitative estimate of drug-likeness (QED) is 0.627. The summed E-state index contributed by atoms with van der Waals surface area (Å²) in [4.78, 5) is 17.5. The molecule has 0 aliphatic carbocycles. The van der Waals surface area contributed by atoms with Crippen molar-refractivity contribution in [3.8, 4) is 0 Å². The van der Waals surface area contributed by atoms with Crippen LogP contribution in [0.25, 0.3) is 0 Å². The number of amides is 1. The van der Waals surface area contributed by atoms with Gasteiger partial charge in [-0.2, -0.15) is 0 Å². The third-order valence-electron chi connectivity index (χ3n) is 2.86. The summed E-state index contributed by atoms with van der Waals surface area (Å²) in [6.07, 6.45) is 5.81. The summed E-state index contributed by atoms with van der Waals surface area (Å²) in [6.45, 7) is 3.25. The van der Waals surface area contributed by atoms with Gasteiger partial charge >= 0.3 is 0 Å². The van der Waals surface area contributed by atoms with Crippen LogP contribution in [0.5, 0.6) is 0 Å². The summed E-state index contributed by atoms with van der Waals surface area (Å²) in [5.41, 5.74) is 5.39. The van der Waals surface area contributed by atoms with Crippen LogP contribution in [-0.4, -0.2) is 50.4 Å². The van der Waals surface area contributed by atoms with Gasteiger partial charge in [0.15, 0.2) is 0 Å². The normalized spacial score (nSPS) is 10.6. The van der Waals surface area contributed by atoms with Crippen molar-refractivity contribution in [2.24, 2.45) is 0 Å². The minimum atomic E-state index is -0.0737. The Bertz CT molecular complexity index is 380. The Labute approximate surface area is 113 Å². The number of anilines is 1. The van der Waals surface area contributed by atoms with Gasteiger partial charge in [-0.1, -0.05) is 26.2 Å². The number of rotatable bonds is 9. The van der Waals surface area contributed by atoms with Gasteiger partial charge in [-0.15, -0.1) is 5.10 Å². The van der Waals surface area contributed by atoms with Crippen molar-refractivity contribution in [3.63, 3.8) is 0 Å². The molecule has 0 bridgehead atoms. The lowest BCUT2D eigenvalue weighted by atomic mass is 10.2. The van der Waals surface area contributed by atoms with Gasteiger partial charge in [0.25, 0.3) is 0 Å². The first-order chi connectivity index (χ1) is 9.17. The van der Waals surface area contributed by atoms with Crippen LogP contribution >= 0.6 is 0 Å². The number of nitrogens with zero attached hydrogens (tertiary/aromatic N) is 4. The first-order valence-electron chi connectivity index (χ1n) is 6.71. The number of unbranched alkanes of at least 4 members (excludes halogenated alkanes) is 3. The number of aliphatic hydroxyl groups is 1. The third kappa shape index (κ3) is 5.69. The maximum Gasteiger partial charge on any atom is 0.244 e. The van der Waals surface area contributed by atoms with E-state index in [-0.39, 0.29) is 25.0 Å². The Morgan fingerprint density at radius 2 is 2.21 bits per heavy atom. The van der Waals surface area contributed by atoms with E-state index in [2.05, 4.69) is 17.0 Å². The van der Waals surface area contributed by atoms with Gasteiger partial charge in [0, 0.05) is 13.1 Å². The Balaban J connectivity index is 2.42. The van der Waals surface area contributed by atoms with Gasteiger partial charge in [-0.3, -0.25) is 4.79 Å². The molecular weight excluding hydrogens is 246 g/mol. The number of nitrogens with two attached hydrogens (primary N) is 1. The monoisotopic (exact) mass is 269 g/mol. The van der Waals surface area contributed by atoms with Gasteiger partial charge in [0.05, 0.1) is 6.61 Å². The molecule has 0 saturated heterocycles. The topological polar surface area (TPSA) is 97.3 Å². The van der Waals surface area contributed by atoms with E-state index < -0.39 is 0 Å². The first kappa shape index (κ1) is 15.4. The van der Waals surface area contributed by atoms with Crippen molar-refractivity contribution >= 4 is 11.9 Å². The number of aliphatic hydroxyl groups excluding tert-OH is 1. The number of carbonyl (C=O) groups is 1. The molecule has 0 atom stereocenters. The largest absolute Gasteiger partial charge is 0.395 e. The van der Waals surface area contributed by atoms with Crippen molar-refractivity contribution in [2.45, 2.75) is 39.2 Å². The zero-order valence-electron chi connectivity index (χ0n) is 11.5. The fourth-order valence-corrected chi connectivity index (χ4v) is 1.84. The summed E-state index contributed by atoms with van der Waals surface area (Å²) in [5, 5.41) is 12.9. The molecule has 1 rings (SSSR count). The molecule has 0 fully saturated rings. The summed E-state index contributed by atoms with van der Waals surface area (Å²) >= 11 is 0. The lowest BCUT2D eigenvalue weighted by molar-refractivity contribution is -0.132. The summed E-state index contributed by atoms with van der Waals surface area (Å²) in [5.74, 6) is 0.0832. The SMILES string of the molecule is CCCCCCN(CCO)C(=O)Cn1cnc(N)n1. The molecule has 7 nitrogen and oxygen atoms in total. The fourth-order valence-electron chi connectivity index (χ4n) is 1.84. The summed E-state index contributed by atoms with van der Waals surface area (Å²) in [7, 11) is 0. The van der Waals surface area contributed by atoms with E-state index in [0.29, 0.717) is 13.1 Å². The van der Waals surface area contributed by atoms with Crippen LogP contribution < -0.4 is 5.73 Å². The molecule has 1 aromatic rings. The number of nitrogen functional groups attached to an aromatic ring is 1. The van der Waals surface area contributed by atoms with Crippen molar-refractivity contribution in [2.75, 3.05) is 25.4 Å². The molecule has 1 heterocycles. The molecule has 0 spiro atoms. The van der Waals surface area contributed by atoms with E-state index in [1.807, 2.05) is 0 Å². The highest BCUT2D eigenvalue weighted by atomic mass is 16.3. The average molecular weight is 269 g/mol. The van der Waals surface area contributed by atoms with Crippen LogP contribution in [0.4, 0.5) is 5.95 Å². The first-order valence-corrected chi connectivity index (χ1v) is 6.71. The summed E-state index contributed by atoms with van der Waals surface area (Å²) in [6, 6.07) is 0. The van der Waals surface area contributed by atoms with Crippen molar-refractivity contribution < 1.29 is 9.90 Å². The molecular formula is C12H23N5O2. The van der Waals surface area contributed by atoms with Gasteiger partial charge in [0.1, 0.15) is 12.9 Å². The van der Waals surface area contributed by atoms with Crippen LogP contribution in [0.3, 0.4) is 0 Å². The van der Waals surface area contributed by atoms with Gasteiger partial charge in [-0.25, -0.2) is 9.67 Å². The van der Waals surface area contributed by atoms with E-state index in [4.69, 9.17) is 10.8 Å². The van der Waals surface area contributed by atoms with E-state index in [0.717, 1.165) is 19.3 Å². The maximum atomic E-state index is 12.1. The second kappa shape index (κ2) is 8.47. The highest BCUT2D eigenvalue weighted by Gasteiger charge is 2.13. The van der Waals surface area contributed by atoms with E-state index in [1.54, 1.807) is 4.90 Å². The van der Waals surface area contributed by atoms with Crippen molar-refractivity contribution in [3.05, 3.63) is 6.33 Å². The standard InChI is InChI=1S/C12H23N5O2/c1-2-3-4-5-6-16(7-8-18)11(19)9-17-10-14-12(13)15-17/h10,18H,2-9H2,1H3,(H2,13,15). The Morgan fingerprint density at radius 3 is 2.79 bits per heavy atom. The minimum Gasteiger partial charge on any atom is -0.395 e. The molecule has 19 heavy (non-hydrogen) atoms. The van der Waals surface area contributed by atoms with E-state index >= 15 is 0 Å². The molecule has 0 saturated carbocycles. The molecule has 0 aliphatic rings. The Kier molecular flexibility index (Phi) is 6.88. The third-order valence-corrected chi connectivity index (χ3v) is 2.86. The highest BCUT2D eigenvalue weighted by molar-refractivity contribution is 5.75. The number of carbonyl (C=O) groups excluding carboxylic acids is 1. The van der Waals surface area contributed by atoms with Crippen molar-refractivity contribution in [1.29, 1.82) is 0 Å². The molecule has 3 N–H and O–H groups in total. The average Bonchev–Trinajstić information content (AvgIpc) is 2.78. The van der Waals surface area contributed by atoms with Crippen LogP contribution in [0.2, 0.25) is 0 Å². The second-order valence-corrected chi connectivity index (χ2v) is 4.47. The molecule has 1 amide bonds. The molecule has 0 radical (unpaired) electrons. The van der Waals surface area contributed by atoms with E-state index in [1.165, 1.54) is 17.4 Å². The zero-order chi connectivity index (χ0) is 14.1. The molecule has 0 aliphatic heterocycles. The lowest BCUT2D eigenvalue weighted by Crippen LogP contribution is -2.37. The van der Waals surface area contributed by atoms with Gasteiger partial charge < -0.3 is 15.7 Å². The smallest absolute Gasteiger partial charge is 0.244 e. The molecule has 0 unspecified atom stereocenters. The minimum absolute atomic E-state index is 0.0288. The number of aromatic nitrogens is 3. The van der Waals surface area contributed by atoms with Crippen molar-refractivity contribution in [1.82, 2.24) is 19.7 Å². The molecule has 0 aromatic carbocycles. The fraction of sp³-hybridized carbons (Fsp3) is 0.750. The number of hydrogen-bond donors (Lipinski definition) is 2. The van der Waals surface area contributed by atoms with Crippen LogP contribution in [0.1, 0.15) is 32.6 Å². The predicted octanol–water partition coefficient (Wildman–Crippen LogP) is 0.261. The Hall–Kier alpha value is -1.63. The number of hydrogen-bond acceptors (Lipinski definition) is 5. The van der Waals surface area contributed by atoms with Crippen LogP contribution in [-0.2, 0) is 11.3 Å². The zero-order valence-corrected chi connectivity index (χ0v) is 11.5. The Morgan fingerprint density at radius 1 is 1.42 bits per heavy atom. The maximum absolute atomic E-state index is 12.1. The molecule has 7 heteroatoms.